The maximum Gasteiger partial charge on any atom is 0.279 e. The summed E-state index contributed by atoms with van der Waals surface area (Å²) < 4.78 is 7.50. The number of methoxy groups -OCH3 is 1. The smallest absolute Gasteiger partial charge is 0.279 e. The SMILES string of the molecule is COc1cc(Nc2ncc3nc(-c4ccccc4)c(=O)n([C@H]4CCN(C)C4)c3n2)ccc1N(C)CCN(C)C. The van der Waals surface area contributed by atoms with E-state index >= 15 is 0 Å². The number of aromatic nitrogens is 4. The molecule has 1 fully saturated rings. The molecule has 1 atom stereocenters. The minimum Gasteiger partial charge on any atom is -0.495 e. The summed E-state index contributed by atoms with van der Waals surface area (Å²) >= 11 is 0. The summed E-state index contributed by atoms with van der Waals surface area (Å²) in [5.41, 5.74) is 3.98. The van der Waals surface area contributed by atoms with Crippen LogP contribution in [0.4, 0.5) is 17.3 Å². The van der Waals surface area contributed by atoms with Crippen molar-refractivity contribution in [2.24, 2.45) is 0 Å². The van der Waals surface area contributed by atoms with Gasteiger partial charge in [0.2, 0.25) is 5.95 Å². The Morgan fingerprint density at radius 1 is 1.08 bits per heavy atom. The summed E-state index contributed by atoms with van der Waals surface area (Å²) in [6.07, 6.45) is 2.56. The monoisotopic (exact) mass is 528 g/mol. The lowest BCUT2D eigenvalue weighted by atomic mass is 10.1. The molecule has 0 spiro atoms. The maximum absolute atomic E-state index is 13.8. The fourth-order valence-electron chi connectivity index (χ4n) is 4.98. The van der Waals surface area contributed by atoms with Crippen LogP contribution in [0.15, 0.2) is 59.5 Å². The van der Waals surface area contributed by atoms with E-state index in [0.717, 1.165) is 55.3 Å². The summed E-state index contributed by atoms with van der Waals surface area (Å²) in [6.45, 7) is 3.51. The van der Waals surface area contributed by atoms with E-state index in [1.807, 2.05) is 53.1 Å². The molecular formula is C29H36N8O2. The number of likely N-dealkylation sites (N-methyl/N-ethyl adjacent to an activating group) is 3. The molecule has 39 heavy (non-hydrogen) atoms. The summed E-state index contributed by atoms with van der Waals surface area (Å²) in [5.74, 6) is 1.15. The van der Waals surface area contributed by atoms with Crippen molar-refractivity contribution in [3.8, 4) is 17.0 Å². The van der Waals surface area contributed by atoms with Gasteiger partial charge in [-0.2, -0.15) is 4.98 Å². The number of benzene rings is 2. The first-order chi connectivity index (χ1) is 18.8. The first-order valence-corrected chi connectivity index (χ1v) is 13.2. The van der Waals surface area contributed by atoms with Gasteiger partial charge in [0.05, 0.1) is 25.0 Å². The van der Waals surface area contributed by atoms with Gasteiger partial charge in [0, 0.05) is 44.0 Å². The Morgan fingerprint density at radius 3 is 2.56 bits per heavy atom. The van der Waals surface area contributed by atoms with Gasteiger partial charge in [0.25, 0.3) is 5.56 Å². The molecule has 1 N–H and O–H groups in total. The molecule has 4 aromatic rings. The van der Waals surface area contributed by atoms with E-state index in [0.29, 0.717) is 22.8 Å². The zero-order valence-electron chi connectivity index (χ0n) is 23.3. The van der Waals surface area contributed by atoms with Crippen LogP contribution >= 0.6 is 0 Å². The third kappa shape index (κ3) is 5.71. The van der Waals surface area contributed by atoms with E-state index in [1.165, 1.54) is 0 Å². The van der Waals surface area contributed by atoms with E-state index in [2.05, 4.69) is 53.2 Å². The zero-order chi connectivity index (χ0) is 27.5. The van der Waals surface area contributed by atoms with E-state index in [1.54, 1.807) is 13.3 Å². The van der Waals surface area contributed by atoms with Gasteiger partial charge in [-0.05, 0) is 46.2 Å². The second-order valence-corrected chi connectivity index (χ2v) is 10.3. The third-order valence-electron chi connectivity index (χ3n) is 7.14. The van der Waals surface area contributed by atoms with Gasteiger partial charge in [-0.15, -0.1) is 0 Å². The fourth-order valence-corrected chi connectivity index (χ4v) is 4.98. The van der Waals surface area contributed by atoms with Gasteiger partial charge in [0.15, 0.2) is 5.65 Å². The van der Waals surface area contributed by atoms with Crippen LogP contribution in [0.1, 0.15) is 12.5 Å². The highest BCUT2D eigenvalue weighted by Gasteiger charge is 2.26. The number of ether oxygens (including phenoxy) is 1. The number of anilines is 3. The van der Waals surface area contributed by atoms with Gasteiger partial charge in [-0.1, -0.05) is 30.3 Å². The lowest BCUT2D eigenvalue weighted by Gasteiger charge is -2.24. The molecular weight excluding hydrogens is 492 g/mol. The number of nitrogens with one attached hydrogen (secondary N) is 1. The highest BCUT2D eigenvalue weighted by Crippen LogP contribution is 2.32. The Morgan fingerprint density at radius 2 is 1.87 bits per heavy atom. The van der Waals surface area contributed by atoms with Crippen LogP contribution in [0.3, 0.4) is 0 Å². The molecule has 0 saturated carbocycles. The van der Waals surface area contributed by atoms with Crippen LogP contribution in [0.5, 0.6) is 5.75 Å². The highest BCUT2D eigenvalue weighted by molar-refractivity contribution is 5.76. The predicted molar refractivity (Wildman–Crippen MR) is 156 cm³/mol. The second-order valence-electron chi connectivity index (χ2n) is 10.3. The number of nitrogens with zero attached hydrogens (tertiary/aromatic N) is 7. The van der Waals surface area contributed by atoms with E-state index in [-0.39, 0.29) is 11.6 Å². The molecule has 10 heteroatoms. The Kier molecular flexibility index (Phi) is 7.76. The van der Waals surface area contributed by atoms with Gasteiger partial charge < -0.3 is 24.8 Å². The van der Waals surface area contributed by atoms with Gasteiger partial charge >= 0.3 is 0 Å². The number of rotatable bonds is 9. The topological polar surface area (TPSA) is 91.6 Å². The van der Waals surface area contributed by atoms with E-state index in [4.69, 9.17) is 14.7 Å². The van der Waals surface area contributed by atoms with Crippen LogP contribution < -0.4 is 20.5 Å². The van der Waals surface area contributed by atoms with Gasteiger partial charge in [0.1, 0.15) is 17.0 Å². The minimum absolute atomic E-state index is 0.00953. The average molecular weight is 529 g/mol. The maximum atomic E-state index is 13.8. The molecule has 3 heterocycles. The van der Waals surface area contributed by atoms with Crippen molar-refractivity contribution in [3.05, 3.63) is 65.1 Å². The van der Waals surface area contributed by atoms with Crippen LogP contribution in [-0.2, 0) is 0 Å². The molecule has 0 radical (unpaired) electrons. The molecule has 10 nitrogen and oxygen atoms in total. The lowest BCUT2D eigenvalue weighted by Crippen LogP contribution is -2.30. The van der Waals surface area contributed by atoms with Gasteiger partial charge in [-0.3, -0.25) is 9.36 Å². The largest absolute Gasteiger partial charge is 0.495 e. The fraction of sp³-hybridized carbons (Fsp3) is 0.379. The number of hydrogen-bond acceptors (Lipinski definition) is 9. The molecule has 204 valence electrons. The van der Waals surface area contributed by atoms with Crippen molar-refractivity contribution in [2.75, 3.05) is 71.7 Å². The molecule has 5 rings (SSSR count). The van der Waals surface area contributed by atoms with Crippen molar-refractivity contribution >= 4 is 28.5 Å². The number of hydrogen-bond donors (Lipinski definition) is 1. The van der Waals surface area contributed by atoms with Crippen LogP contribution in [-0.4, -0.2) is 90.8 Å². The molecule has 1 aliphatic heterocycles. The van der Waals surface area contributed by atoms with Crippen molar-refractivity contribution in [1.82, 2.24) is 29.3 Å². The van der Waals surface area contributed by atoms with Crippen molar-refractivity contribution in [2.45, 2.75) is 12.5 Å². The molecule has 2 aromatic heterocycles. The minimum atomic E-state index is -0.134. The Hall–Kier alpha value is -4.02. The van der Waals surface area contributed by atoms with Crippen LogP contribution in [0.2, 0.25) is 0 Å². The Labute approximate surface area is 228 Å². The number of fused-ring (bicyclic) bond motifs is 1. The van der Waals surface area contributed by atoms with Crippen LogP contribution in [0, 0.1) is 0 Å². The molecule has 0 aliphatic carbocycles. The highest BCUT2D eigenvalue weighted by atomic mass is 16.5. The predicted octanol–water partition coefficient (Wildman–Crippen LogP) is 3.48. The van der Waals surface area contributed by atoms with E-state index < -0.39 is 0 Å². The average Bonchev–Trinajstić information content (AvgIpc) is 3.37. The molecule has 0 amide bonds. The molecule has 0 unspecified atom stereocenters. The molecule has 0 bridgehead atoms. The Balaban J connectivity index is 1.51. The Bertz CT molecular complexity index is 1500. The summed E-state index contributed by atoms with van der Waals surface area (Å²) in [7, 11) is 9.91. The second kappa shape index (κ2) is 11.4. The van der Waals surface area contributed by atoms with Crippen LogP contribution in [0.25, 0.3) is 22.4 Å². The lowest BCUT2D eigenvalue weighted by molar-refractivity contribution is 0.392. The number of likely N-dealkylation sites (tertiary alicyclic amines) is 1. The van der Waals surface area contributed by atoms with Crippen molar-refractivity contribution < 1.29 is 4.74 Å². The summed E-state index contributed by atoms with van der Waals surface area (Å²) in [5, 5.41) is 3.30. The van der Waals surface area contributed by atoms with Gasteiger partial charge in [-0.25, -0.2) is 9.97 Å². The van der Waals surface area contributed by atoms with Crippen molar-refractivity contribution in [1.29, 1.82) is 0 Å². The molecule has 1 aliphatic rings. The van der Waals surface area contributed by atoms with E-state index in [9.17, 15) is 4.79 Å². The standard InChI is InChI=1S/C29H36N8O2/c1-34(2)15-16-36(4)24-12-11-21(17-25(24)39-5)31-29-30-18-23-27(33-29)37(22-13-14-35(3)19-22)28(38)26(32-23)20-9-7-6-8-10-20/h6-12,17-18,22H,13-16,19H2,1-5H3,(H,30,31,33)/t22-/m0/s1. The third-order valence-corrected chi connectivity index (χ3v) is 7.14. The normalized spacial score (nSPS) is 15.7. The van der Waals surface area contributed by atoms with Crippen molar-refractivity contribution in [3.63, 3.8) is 0 Å². The summed E-state index contributed by atoms with van der Waals surface area (Å²) in [6, 6.07) is 15.5. The quantitative estimate of drug-likeness (QED) is 0.351. The molecule has 1 saturated heterocycles. The summed E-state index contributed by atoms with van der Waals surface area (Å²) in [4.78, 5) is 34.4. The molecule has 2 aromatic carbocycles. The zero-order valence-corrected chi connectivity index (χ0v) is 23.3. The first-order valence-electron chi connectivity index (χ1n) is 13.2. The first kappa shape index (κ1) is 26.6.